The average Bonchev–Trinajstić information content (AvgIpc) is 3.61. The molecule has 0 bridgehead atoms. The summed E-state index contributed by atoms with van der Waals surface area (Å²) in [5.41, 5.74) is 5.01. The first kappa shape index (κ1) is 35.5. The van der Waals surface area contributed by atoms with Crippen molar-refractivity contribution < 1.29 is 38.4 Å². The van der Waals surface area contributed by atoms with Crippen molar-refractivity contribution in [1.29, 1.82) is 0 Å². The molecule has 4 rings (SSSR count). The Morgan fingerprint density at radius 1 is 0.894 bits per heavy atom. The molecule has 1 aromatic heterocycles. The molecule has 0 aliphatic heterocycles. The Balaban J connectivity index is 1.13. The van der Waals surface area contributed by atoms with Gasteiger partial charge < -0.3 is 44.7 Å². The minimum atomic E-state index is -0.0524. The van der Waals surface area contributed by atoms with Crippen LogP contribution in [0.2, 0.25) is 0 Å². The number of nitrogens with zero attached hydrogens (tertiary/aromatic N) is 1. The molecule has 0 fully saturated rings. The van der Waals surface area contributed by atoms with Crippen LogP contribution in [-0.2, 0) is 25.5 Å². The lowest BCUT2D eigenvalue weighted by molar-refractivity contribution is -0.122. The smallest absolute Gasteiger partial charge is 0.222 e. The third kappa shape index (κ3) is 11.5. The van der Waals surface area contributed by atoms with E-state index in [1.807, 2.05) is 43.3 Å². The SMILES string of the molecule is CCOc1cc2c(cc1OCCCO)-c1[nH]nc(Nc3cccc(OCCOCCOCCC(=O)NCCCCNC(C)=O)c3)c1C2. The number of aromatic amines is 1. The monoisotopic (exact) mass is 653 g/mol. The normalized spacial score (nSPS) is 11.5. The summed E-state index contributed by atoms with van der Waals surface area (Å²) in [6.07, 6.45) is 3.18. The van der Waals surface area contributed by atoms with Gasteiger partial charge in [-0.1, -0.05) is 6.07 Å². The van der Waals surface area contributed by atoms with Gasteiger partial charge in [-0.25, -0.2) is 0 Å². The number of nitrogens with one attached hydrogen (secondary N) is 4. The fourth-order valence-electron chi connectivity index (χ4n) is 5.00. The van der Waals surface area contributed by atoms with Crippen molar-refractivity contribution >= 4 is 23.3 Å². The largest absolute Gasteiger partial charge is 0.491 e. The van der Waals surface area contributed by atoms with Gasteiger partial charge in [-0.15, -0.1) is 0 Å². The molecule has 1 aliphatic carbocycles. The van der Waals surface area contributed by atoms with Gasteiger partial charge in [0.05, 0.1) is 45.3 Å². The summed E-state index contributed by atoms with van der Waals surface area (Å²) in [7, 11) is 0. The third-order valence-corrected chi connectivity index (χ3v) is 7.27. The molecule has 2 aromatic carbocycles. The van der Waals surface area contributed by atoms with Crippen LogP contribution in [0.15, 0.2) is 36.4 Å². The van der Waals surface area contributed by atoms with Crippen LogP contribution in [0.1, 0.15) is 50.7 Å². The number of ether oxygens (including phenoxy) is 5. The zero-order valence-corrected chi connectivity index (χ0v) is 27.3. The fourth-order valence-corrected chi connectivity index (χ4v) is 5.00. The Morgan fingerprint density at radius 3 is 2.45 bits per heavy atom. The van der Waals surface area contributed by atoms with Crippen LogP contribution in [0.4, 0.5) is 11.5 Å². The summed E-state index contributed by atoms with van der Waals surface area (Å²) in [6, 6.07) is 11.7. The Labute approximate surface area is 275 Å². The van der Waals surface area contributed by atoms with Crippen LogP contribution in [0.25, 0.3) is 11.3 Å². The number of H-pyrrole nitrogens is 1. The standard InChI is InChI=1S/C34H47N5O8/c1-3-45-30-21-25-20-29-33(28(25)23-31(30)47-14-7-13-40)38-39-34(29)37-26-8-6-9-27(22-26)46-19-18-44-17-16-43-15-10-32(42)36-12-5-4-11-35-24(2)41/h6,8-9,21-23,40H,3-5,7,10-20H2,1-2H3,(H,35,41)(H,36,42)(H2,37,38,39). The quantitative estimate of drug-likeness (QED) is 0.0745. The highest BCUT2D eigenvalue weighted by Gasteiger charge is 2.27. The van der Waals surface area contributed by atoms with Crippen molar-refractivity contribution in [1.82, 2.24) is 20.8 Å². The molecule has 5 N–H and O–H groups in total. The maximum Gasteiger partial charge on any atom is 0.222 e. The zero-order valence-electron chi connectivity index (χ0n) is 27.3. The number of aromatic nitrogens is 2. The number of carbonyl (C=O) groups is 2. The molecule has 47 heavy (non-hydrogen) atoms. The summed E-state index contributed by atoms with van der Waals surface area (Å²) in [4.78, 5) is 22.7. The van der Waals surface area contributed by atoms with Gasteiger partial charge in [0.2, 0.25) is 11.8 Å². The van der Waals surface area contributed by atoms with E-state index in [4.69, 9.17) is 28.8 Å². The van der Waals surface area contributed by atoms with E-state index in [1.54, 1.807) is 0 Å². The number of carbonyl (C=O) groups excluding carboxylic acids is 2. The molecule has 1 heterocycles. The van der Waals surface area contributed by atoms with Crippen molar-refractivity contribution in [3.63, 3.8) is 0 Å². The van der Waals surface area contributed by atoms with Crippen molar-refractivity contribution in [3.8, 4) is 28.5 Å². The van der Waals surface area contributed by atoms with E-state index in [2.05, 4.69) is 26.1 Å². The molecule has 13 heteroatoms. The number of anilines is 2. The van der Waals surface area contributed by atoms with Gasteiger partial charge in [0, 0.05) is 68.8 Å². The maximum absolute atomic E-state index is 11.8. The van der Waals surface area contributed by atoms with Gasteiger partial charge in [-0.2, -0.15) is 5.10 Å². The lowest BCUT2D eigenvalue weighted by Crippen LogP contribution is -2.27. The van der Waals surface area contributed by atoms with Crippen molar-refractivity contribution in [2.45, 2.75) is 46.0 Å². The van der Waals surface area contributed by atoms with Crippen LogP contribution in [0, 0.1) is 0 Å². The van der Waals surface area contributed by atoms with E-state index in [-0.39, 0.29) is 18.4 Å². The van der Waals surface area contributed by atoms with Gasteiger partial charge in [-0.3, -0.25) is 14.7 Å². The Kier molecular flexibility index (Phi) is 14.6. The lowest BCUT2D eigenvalue weighted by atomic mass is 10.1. The molecule has 0 saturated heterocycles. The van der Waals surface area contributed by atoms with Crippen LogP contribution < -0.4 is 30.2 Å². The summed E-state index contributed by atoms with van der Waals surface area (Å²) in [5, 5.41) is 25.8. The molecule has 2 amide bonds. The number of amides is 2. The highest BCUT2D eigenvalue weighted by Crippen LogP contribution is 2.44. The Morgan fingerprint density at radius 2 is 1.66 bits per heavy atom. The number of benzene rings is 2. The molecule has 0 unspecified atom stereocenters. The van der Waals surface area contributed by atoms with E-state index in [0.717, 1.165) is 46.7 Å². The number of aliphatic hydroxyl groups excluding tert-OH is 1. The molecule has 0 radical (unpaired) electrons. The second-order valence-electron chi connectivity index (χ2n) is 10.9. The second kappa shape index (κ2) is 19.4. The molecule has 0 spiro atoms. The van der Waals surface area contributed by atoms with Crippen LogP contribution in [-0.4, -0.2) is 93.1 Å². The average molecular weight is 654 g/mol. The molecule has 256 valence electrons. The second-order valence-corrected chi connectivity index (χ2v) is 10.9. The van der Waals surface area contributed by atoms with Gasteiger partial charge in [0.25, 0.3) is 0 Å². The zero-order chi connectivity index (χ0) is 33.3. The first-order valence-electron chi connectivity index (χ1n) is 16.3. The van der Waals surface area contributed by atoms with E-state index in [0.29, 0.717) is 95.8 Å². The van der Waals surface area contributed by atoms with Gasteiger partial charge in [0.15, 0.2) is 17.3 Å². The predicted molar refractivity (Wildman–Crippen MR) is 178 cm³/mol. The topological polar surface area (TPSA) is 165 Å². The summed E-state index contributed by atoms with van der Waals surface area (Å²) in [5.74, 6) is 2.70. The molecule has 3 aromatic rings. The summed E-state index contributed by atoms with van der Waals surface area (Å²) < 4.78 is 28.7. The number of fused-ring (bicyclic) bond motifs is 3. The van der Waals surface area contributed by atoms with Crippen molar-refractivity contribution in [2.24, 2.45) is 0 Å². The summed E-state index contributed by atoms with van der Waals surface area (Å²) in [6.45, 7) is 7.56. The minimum absolute atomic E-state index is 0.0431. The van der Waals surface area contributed by atoms with Crippen molar-refractivity contribution in [2.75, 3.05) is 71.3 Å². The number of hydrogen-bond donors (Lipinski definition) is 5. The third-order valence-electron chi connectivity index (χ3n) is 7.27. The number of hydrogen-bond acceptors (Lipinski definition) is 10. The Hall–Kier alpha value is -4.33. The van der Waals surface area contributed by atoms with E-state index in [9.17, 15) is 9.59 Å². The highest BCUT2D eigenvalue weighted by atomic mass is 16.5. The van der Waals surface area contributed by atoms with Crippen LogP contribution in [0.3, 0.4) is 0 Å². The molecule has 1 aliphatic rings. The molecule has 0 saturated carbocycles. The first-order chi connectivity index (χ1) is 23.0. The lowest BCUT2D eigenvalue weighted by Gasteiger charge is -2.14. The molecule has 13 nitrogen and oxygen atoms in total. The minimum Gasteiger partial charge on any atom is -0.491 e. The fraction of sp³-hybridized carbons (Fsp3) is 0.500. The first-order valence-corrected chi connectivity index (χ1v) is 16.3. The predicted octanol–water partition coefficient (Wildman–Crippen LogP) is 3.72. The van der Waals surface area contributed by atoms with Gasteiger partial charge in [0.1, 0.15) is 12.4 Å². The summed E-state index contributed by atoms with van der Waals surface area (Å²) >= 11 is 0. The van der Waals surface area contributed by atoms with E-state index < -0.39 is 0 Å². The number of rotatable bonds is 23. The van der Waals surface area contributed by atoms with E-state index >= 15 is 0 Å². The molecular formula is C34H47N5O8. The van der Waals surface area contributed by atoms with Crippen molar-refractivity contribution in [3.05, 3.63) is 47.5 Å². The van der Waals surface area contributed by atoms with E-state index in [1.165, 1.54) is 6.92 Å². The Bertz CT molecular complexity index is 1430. The van der Waals surface area contributed by atoms with Gasteiger partial charge in [-0.05, 0) is 49.6 Å². The van der Waals surface area contributed by atoms with Crippen LogP contribution in [0.5, 0.6) is 17.2 Å². The maximum atomic E-state index is 11.8. The highest BCUT2D eigenvalue weighted by molar-refractivity contribution is 5.81. The number of aliphatic hydroxyl groups is 1. The molecular weight excluding hydrogens is 606 g/mol. The molecule has 0 atom stereocenters. The van der Waals surface area contributed by atoms with Gasteiger partial charge >= 0.3 is 0 Å². The number of unbranched alkanes of at least 4 members (excludes halogenated alkanes) is 1. The van der Waals surface area contributed by atoms with Crippen LogP contribution >= 0.6 is 0 Å².